The minimum absolute atomic E-state index is 0.189. The lowest BCUT2D eigenvalue weighted by Gasteiger charge is -2.30. The van der Waals surface area contributed by atoms with E-state index in [0.717, 1.165) is 5.56 Å². The molecule has 0 spiro atoms. The van der Waals surface area contributed by atoms with Gasteiger partial charge in [-0.05, 0) is 39.9 Å². The Morgan fingerprint density at radius 3 is 2.33 bits per heavy atom. The molecule has 2 heteroatoms. The monoisotopic (exact) mass is 205 g/mol. The first-order valence-corrected chi connectivity index (χ1v) is 5.53. The minimum atomic E-state index is 0.189. The number of hydrogen-bond donors (Lipinski definition) is 1. The van der Waals surface area contributed by atoms with Crippen LogP contribution >= 0.6 is 0 Å². The van der Waals surface area contributed by atoms with Crippen molar-refractivity contribution in [2.45, 2.75) is 31.2 Å². The molecule has 1 aliphatic carbocycles. The Balaban J connectivity index is 2.35. The molecule has 0 amide bonds. The van der Waals surface area contributed by atoms with Crippen LogP contribution in [0.5, 0.6) is 5.75 Å². The van der Waals surface area contributed by atoms with E-state index in [1.54, 1.807) is 6.07 Å². The molecule has 1 atom stereocenters. The number of aromatic hydroxyl groups is 1. The lowest BCUT2D eigenvalue weighted by Crippen LogP contribution is -2.36. The molecule has 15 heavy (non-hydrogen) atoms. The fourth-order valence-electron chi connectivity index (χ4n) is 2.44. The first-order chi connectivity index (χ1) is 7.08. The van der Waals surface area contributed by atoms with E-state index in [1.807, 2.05) is 12.1 Å². The number of benzene rings is 1. The van der Waals surface area contributed by atoms with E-state index in [2.05, 4.69) is 32.0 Å². The van der Waals surface area contributed by atoms with Crippen LogP contribution in [0.1, 0.15) is 25.3 Å². The van der Waals surface area contributed by atoms with Gasteiger partial charge in [-0.1, -0.05) is 18.2 Å². The zero-order valence-corrected chi connectivity index (χ0v) is 9.70. The fraction of sp³-hybridized carbons (Fsp3) is 0.538. The second-order valence-corrected chi connectivity index (χ2v) is 4.81. The summed E-state index contributed by atoms with van der Waals surface area (Å²) < 4.78 is 0. The number of hydrogen-bond acceptors (Lipinski definition) is 2. The maximum Gasteiger partial charge on any atom is 0.119 e. The van der Waals surface area contributed by atoms with Crippen molar-refractivity contribution < 1.29 is 5.11 Å². The van der Waals surface area contributed by atoms with Crippen LogP contribution in [0.15, 0.2) is 24.3 Å². The Kier molecular flexibility index (Phi) is 2.47. The van der Waals surface area contributed by atoms with Crippen LogP contribution in [0.3, 0.4) is 0 Å². The largest absolute Gasteiger partial charge is 0.508 e. The summed E-state index contributed by atoms with van der Waals surface area (Å²) in [7, 11) is 4.20. The van der Waals surface area contributed by atoms with Gasteiger partial charge in [0.05, 0.1) is 0 Å². The minimum Gasteiger partial charge on any atom is -0.508 e. The molecule has 1 saturated carbocycles. The van der Waals surface area contributed by atoms with Crippen molar-refractivity contribution in [3.8, 4) is 5.75 Å². The summed E-state index contributed by atoms with van der Waals surface area (Å²) in [5, 5.41) is 9.90. The van der Waals surface area contributed by atoms with Crippen molar-refractivity contribution in [1.29, 1.82) is 0 Å². The van der Waals surface area contributed by atoms with Crippen molar-refractivity contribution >= 4 is 0 Å². The van der Waals surface area contributed by atoms with Gasteiger partial charge in [0.25, 0.3) is 0 Å². The van der Waals surface area contributed by atoms with Crippen molar-refractivity contribution in [2.75, 3.05) is 14.1 Å². The van der Waals surface area contributed by atoms with Crippen molar-refractivity contribution in [2.24, 2.45) is 0 Å². The topological polar surface area (TPSA) is 23.5 Å². The zero-order chi connectivity index (χ0) is 11.1. The third kappa shape index (κ3) is 1.63. The maximum absolute atomic E-state index is 9.90. The molecule has 0 saturated heterocycles. The summed E-state index contributed by atoms with van der Waals surface area (Å²) >= 11 is 0. The molecule has 2 nitrogen and oxygen atoms in total. The Bertz CT molecular complexity index is 355. The van der Waals surface area contributed by atoms with E-state index in [1.165, 1.54) is 12.8 Å². The van der Waals surface area contributed by atoms with Gasteiger partial charge in [-0.15, -0.1) is 0 Å². The first-order valence-electron chi connectivity index (χ1n) is 5.53. The van der Waals surface area contributed by atoms with E-state index in [-0.39, 0.29) is 5.41 Å². The predicted molar refractivity (Wildman–Crippen MR) is 62.2 cm³/mol. The third-order valence-electron chi connectivity index (χ3n) is 3.80. The van der Waals surface area contributed by atoms with Gasteiger partial charge in [0.1, 0.15) is 5.75 Å². The van der Waals surface area contributed by atoms with Crippen LogP contribution in [0.2, 0.25) is 0 Å². The number of phenolic OH excluding ortho intramolecular Hbond substituents is 1. The highest BCUT2D eigenvalue weighted by Crippen LogP contribution is 2.54. The number of phenols is 1. The molecular formula is C13H19NO. The number of rotatable bonds is 3. The molecule has 0 heterocycles. The molecule has 82 valence electrons. The summed E-state index contributed by atoms with van der Waals surface area (Å²) in [6.07, 6.45) is 2.37. The molecule has 1 fully saturated rings. The summed E-state index contributed by atoms with van der Waals surface area (Å²) in [5.41, 5.74) is 1.31. The van der Waals surface area contributed by atoms with Gasteiger partial charge in [0.2, 0.25) is 0 Å². The molecule has 1 aliphatic rings. The summed E-state index contributed by atoms with van der Waals surface area (Å²) in [5.74, 6) is 0.448. The van der Waals surface area contributed by atoms with Gasteiger partial charge < -0.3 is 10.0 Å². The smallest absolute Gasteiger partial charge is 0.119 e. The Labute approximate surface area is 91.5 Å². The number of likely N-dealkylation sites (N-methyl/N-ethyl adjacent to an activating group) is 1. The zero-order valence-electron chi connectivity index (χ0n) is 9.70. The van der Waals surface area contributed by atoms with Crippen LogP contribution in [-0.2, 0) is 5.41 Å². The molecule has 0 bridgehead atoms. The lowest BCUT2D eigenvalue weighted by molar-refractivity contribution is 0.256. The van der Waals surface area contributed by atoms with Gasteiger partial charge in [-0.25, -0.2) is 0 Å². The highest BCUT2D eigenvalue weighted by atomic mass is 16.3. The molecular weight excluding hydrogens is 186 g/mol. The standard InChI is InChI=1S/C13H19NO/c1-10(14(2)3)13(8-9-13)11-6-4-5-7-12(11)15/h4-7,10,15H,8-9H2,1-3H3. The second-order valence-electron chi connectivity index (χ2n) is 4.81. The van der Waals surface area contributed by atoms with Gasteiger partial charge in [0.15, 0.2) is 0 Å². The molecule has 0 aliphatic heterocycles. The average Bonchev–Trinajstić information content (AvgIpc) is 2.98. The molecule has 1 aromatic carbocycles. The lowest BCUT2D eigenvalue weighted by atomic mass is 9.87. The third-order valence-corrected chi connectivity index (χ3v) is 3.80. The fourth-order valence-corrected chi connectivity index (χ4v) is 2.44. The van der Waals surface area contributed by atoms with E-state index >= 15 is 0 Å². The Morgan fingerprint density at radius 2 is 1.87 bits per heavy atom. The molecule has 2 rings (SSSR count). The molecule has 0 radical (unpaired) electrons. The first kappa shape index (κ1) is 10.5. The van der Waals surface area contributed by atoms with Crippen molar-refractivity contribution in [1.82, 2.24) is 4.90 Å². The van der Waals surface area contributed by atoms with E-state index in [4.69, 9.17) is 0 Å². The van der Waals surface area contributed by atoms with E-state index < -0.39 is 0 Å². The van der Waals surface area contributed by atoms with Crippen LogP contribution < -0.4 is 0 Å². The predicted octanol–water partition coefficient (Wildman–Crippen LogP) is 2.37. The summed E-state index contributed by atoms with van der Waals surface area (Å²) in [6, 6.07) is 8.22. The normalized spacial score (nSPS) is 20.3. The van der Waals surface area contributed by atoms with Crippen molar-refractivity contribution in [3.05, 3.63) is 29.8 Å². The molecule has 1 N–H and O–H groups in total. The Morgan fingerprint density at radius 1 is 1.27 bits per heavy atom. The summed E-state index contributed by atoms with van der Waals surface area (Å²) in [4.78, 5) is 2.24. The van der Waals surface area contributed by atoms with E-state index in [9.17, 15) is 5.11 Å². The highest BCUT2D eigenvalue weighted by Gasteiger charge is 2.50. The van der Waals surface area contributed by atoms with Crippen LogP contribution in [0, 0.1) is 0 Å². The SMILES string of the molecule is CC(N(C)C)C1(c2ccccc2O)CC1. The van der Waals surface area contributed by atoms with Gasteiger partial charge in [0, 0.05) is 17.0 Å². The quantitative estimate of drug-likeness (QED) is 0.819. The van der Waals surface area contributed by atoms with Crippen LogP contribution in [0.25, 0.3) is 0 Å². The number of nitrogens with zero attached hydrogens (tertiary/aromatic N) is 1. The summed E-state index contributed by atoms with van der Waals surface area (Å²) in [6.45, 7) is 2.24. The second kappa shape index (κ2) is 3.53. The average molecular weight is 205 g/mol. The molecule has 0 aromatic heterocycles. The molecule has 1 aromatic rings. The van der Waals surface area contributed by atoms with Crippen LogP contribution in [-0.4, -0.2) is 30.1 Å². The Hall–Kier alpha value is -1.02. The van der Waals surface area contributed by atoms with Gasteiger partial charge in [-0.3, -0.25) is 0 Å². The van der Waals surface area contributed by atoms with Crippen molar-refractivity contribution in [3.63, 3.8) is 0 Å². The van der Waals surface area contributed by atoms with Crippen LogP contribution in [0.4, 0.5) is 0 Å². The van der Waals surface area contributed by atoms with Gasteiger partial charge in [-0.2, -0.15) is 0 Å². The molecule has 1 unspecified atom stereocenters. The number of para-hydroxylation sites is 1. The maximum atomic E-state index is 9.90. The highest BCUT2D eigenvalue weighted by molar-refractivity contribution is 5.43. The van der Waals surface area contributed by atoms with E-state index in [0.29, 0.717) is 11.8 Å². The van der Waals surface area contributed by atoms with Gasteiger partial charge >= 0.3 is 0 Å².